The van der Waals surface area contributed by atoms with Gasteiger partial charge in [0, 0.05) is 5.02 Å². The summed E-state index contributed by atoms with van der Waals surface area (Å²) in [6.07, 6.45) is 1.37. The van der Waals surface area contributed by atoms with Crippen molar-refractivity contribution >= 4 is 35.2 Å². The molecule has 2 rings (SSSR count). The monoisotopic (exact) mass is 409 g/mol. The third-order valence-electron chi connectivity index (χ3n) is 3.50. The Balaban J connectivity index is 1.99. The summed E-state index contributed by atoms with van der Waals surface area (Å²) < 4.78 is 10.6. The highest BCUT2D eigenvalue weighted by molar-refractivity contribution is 7.99. The van der Waals surface area contributed by atoms with Crippen molar-refractivity contribution in [3.8, 4) is 0 Å². The Hall–Kier alpha value is -1.92. The van der Waals surface area contributed by atoms with Crippen molar-refractivity contribution in [3.05, 3.63) is 59.0 Å². The summed E-state index contributed by atoms with van der Waals surface area (Å²) >= 11 is 7.36. The number of benzene rings is 1. The molecular weight excluding hydrogens is 386 g/mol. The van der Waals surface area contributed by atoms with Crippen LogP contribution in [0.3, 0.4) is 0 Å². The van der Waals surface area contributed by atoms with Crippen molar-refractivity contribution < 1.29 is 18.7 Å². The first kappa shape index (κ1) is 21.4. The van der Waals surface area contributed by atoms with Gasteiger partial charge in [-0.2, -0.15) is 0 Å². The number of hydrogen-bond acceptors (Lipinski definition) is 5. The van der Waals surface area contributed by atoms with Gasteiger partial charge in [0.25, 0.3) is 0 Å². The fraction of sp³-hybridized carbons (Fsp3) is 0.400. The fourth-order valence-electron chi connectivity index (χ4n) is 2.30. The Morgan fingerprint density at radius 2 is 1.93 bits per heavy atom. The Morgan fingerprint density at radius 3 is 2.52 bits per heavy atom. The SMILES string of the molecule is CC(C)(C)OC(=O)N[C@@H](Cc1ccc(Cl)cc1)C(=O)CSCc1ccco1. The number of ether oxygens (including phenoxy) is 1. The highest BCUT2D eigenvalue weighted by atomic mass is 35.5. The minimum Gasteiger partial charge on any atom is -0.468 e. The molecule has 7 heteroatoms. The van der Waals surface area contributed by atoms with Gasteiger partial charge in [0.05, 0.1) is 23.8 Å². The van der Waals surface area contributed by atoms with E-state index in [2.05, 4.69) is 5.32 Å². The fourth-order valence-corrected chi connectivity index (χ4v) is 3.29. The highest BCUT2D eigenvalue weighted by Gasteiger charge is 2.24. The first-order valence-electron chi connectivity index (χ1n) is 8.60. The molecule has 1 aromatic heterocycles. The van der Waals surface area contributed by atoms with Crippen molar-refractivity contribution in [2.75, 3.05) is 5.75 Å². The first-order chi connectivity index (χ1) is 12.7. The lowest BCUT2D eigenvalue weighted by atomic mass is 10.0. The molecule has 1 atom stereocenters. The Labute approximate surface area is 168 Å². The van der Waals surface area contributed by atoms with Crippen LogP contribution in [0.5, 0.6) is 0 Å². The van der Waals surface area contributed by atoms with Crippen LogP contribution >= 0.6 is 23.4 Å². The molecule has 0 unspecified atom stereocenters. The van der Waals surface area contributed by atoms with Crippen LogP contribution in [0.15, 0.2) is 47.1 Å². The number of thioether (sulfide) groups is 1. The summed E-state index contributed by atoms with van der Waals surface area (Å²) in [5.74, 6) is 1.59. The Bertz CT molecular complexity index is 738. The molecule has 1 heterocycles. The van der Waals surface area contributed by atoms with Gasteiger partial charge in [-0.15, -0.1) is 11.8 Å². The van der Waals surface area contributed by atoms with E-state index in [1.54, 1.807) is 39.2 Å². The minimum absolute atomic E-state index is 0.0765. The number of hydrogen-bond donors (Lipinski definition) is 1. The van der Waals surface area contributed by atoms with Gasteiger partial charge in [-0.25, -0.2) is 4.79 Å². The van der Waals surface area contributed by atoms with Gasteiger partial charge >= 0.3 is 6.09 Å². The van der Waals surface area contributed by atoms with E-state index in [1.165, 1.54) is 11.8 Å². The lowest BCUT2D eigenvalue weighted by molar-refractivity contribution is -0.118. The van der Waals surface area contributed by atoms with E-state index in [9.17, 15) is 9.59 Å². The molecule has 0 saturated heterocycles. The molecule has 1 aromatic carbocycles. The summed E-state index contributed by atoms with van der Waals surface area (Å²) in [6, 6.07) is 10.2. The van der Waals surface area contributed by atoms with Crippen LogP contribution in [-0.2, 0) is 21.7 Å². The van der Waals surface area contributed by atoms with Crippen LogP contribution in [0.4, 0.5) is 4.79 Å². The summed E-state index contributed by atoms with van der Waals surface area (Å²) in [4.78, 5) is 24.8. The number of carbonyl (C=O) groups is 2. The average Bonchev–Trinajstić information content (AvgIpc) is 3.08. The van der Waals surface area contributed by atoms with Crippen molar-refractivity contribution in [1.29, 1.82) is 0 Å². The number of alkyl carbamates (subject to hydrolysis) is 1. The van der Waals surface area contributed by atoms with Crippen LogP contribution < -0.4 is 5.32 Å². The van der Waals surface area contributed by atoms with E-state index >= 15 is 0 Å². The molecule has 0 fully saturated rings. The second kappa shape index (κ2) is 9.85. The standard InChI is InChI=1S/C20H24ClNO4S/c1-20(2,3)26-19(24)22-17(11-14-6-8-15(21)9-7-14)18(23)13-27-12-16-5-4-10-25-16/h4-10,17H,11-13H2,1-3H3,(H,22,24)/t17-/m0/s1. The van der Waals surface area contributed by atoms with Crippen molar-refractivity contribution in [2.24, 2.45) is 0 Å². The molecular formula is C20H24ClNO4S. The number of ketones is 1. The lowest BCUT2D eigenvalue weighted by Gasteiger charge is -2.23. The van der Waals surface area contributed by atoms with Crippen LogP contribution in [0, 0.1) is 0 Å². The quantitative estimate of drug-likeness (QED) is 0.673. The molecule has 0 bridgehead atoms. The molecule has 0 saturated carbocycles. The number of amides is 1. The third kappa shape index (κ3) is 8.10. The topological polar surface area (TPSA) is 68.5 Å². The molecule has 2 aromatic rings. The normalized spacial score (nSPS) is 12.4. The zero-order valence-electron chi connectivity index (χ0n) is 15.7. The number of nitrogens with one attached hydrogen (secondary N) is 1. The minimum atomic E-state index is -0.676. The van der Waals surface area contributed by atoms with Gasteiger partial charge < -0.3 is 14.5 Å². The molecule has 27 heavy (non-hydrogen) atoms. The Morgan fingerprint density at radius 1 is 1.22 bits per heavy atom. The van der Waals surface area contributed by atoms with Crippen molar-refractivity contribution in [1.82, 2.24) is 5.32 Å². The molecule has 146 valence electrons. The predicted molar refractivity (Wildman–Crippen MR) is 108 cm³/mol. The molecule has 1 amide bonds. The zero-order valence-corrected chi connectivity index (χ0v) is 17.2. The van der Waals surface area contributed by atoms with E-state index in [0.29, 0.717) is 17.2 Å². The van der Waals surface area contributed by atoms with Gasteiger partial charge in [0.15, 0.2) is 5.78 Å². The average molecular weight is 410 g/mol. The maximum Gasteiger partial charge on any atom is 0.408 e. The zero-order chi connectivity index (χ0) is 19.9. The van der Waals surface area contributed by atoms with Crippen molar-refractivity contribution in [3.63, 3.8) is 0 Å². The second-order valence-corrected chi connectivity index (χ2v) is 8.49. The van der Waals surface area contributed by atoms with E-state index in [4.69, 9.17) is 20.8 Å². The number of rotatable bonds is 8. The van der Waals surface area contributed by atoms with Crippen molar-refractivity contribution in [2.45, 2.75) is 44.6 Å². The molecule has 0 spiro atoms. The maximum atomic E-state index is 12.7. The van der Waals surface area contributed by atoms with Crippen LogP contribution in [0.2, 0.25) is 5.02 Å². The van der Waals surface area contributed by atoms with Crippen LogP contribution in [0.1, 0.15) is 32.1 Å². The predicted octanol–water partition coefficient (Wildman–Crippen LogP) is 4.87. The van der Waals surface area contributed by atoms with E-state index in [0.717, 1.165) is 11.3 Å². The molecule has 1 N–H and O–H groups in total. The smallest absolute Gasteiger partial charge is 0.408 e. The molecule has 5 nitrogen and oxygen atoms in total. The van der Waals surface area contributed by atoms with Gasteiger partial charge in [0.2, 0.25) is 0 Å². The molecule has 0 radical (unpaired) electrons. The molecule has 0 aliphatic heterocycles. The van der Waals surface area contributed by atoms with E-state index in [-0.39, 0.29) is 11.5 Å². The second-order valence-electron chi connectivity index (χ2n) is 7.07. The lowest BCUT2D eigenvalue weighted by Crippen LogP contribution is -2.45. The van der Waals surface area contributed by atoms with Gasteiger partial charge in [-0.1, -0.05) is 23.7 Å². The van der Waals surface area contributed by atoms with Crippen LogP contribution in [-0.4, -0.2) is 29.3 Å². The summed E-state index contributed by atoms with van der Waals surface area (Å²) in [6.45, 7) is 5.34. The number of Topliss-reactive ketones (excluding diaryl/α,β-unsaturated/α-hetero) is 1. The number of furan rings is 1. The third-order valence-corrected chi connectivity index (χ3v) is 4.73. The molecule has 0 aliphatic carbocycles. The van der Waals surface area contributed by atoms with E-state index < -0.39 is 17.7 Å². The highest BCUT2D eigenvalue weighted by Crippen LogP contribution is 2.16. The van der Waals surface area contributed by atoms with Gasteiger partial charge in [-0.05, 0) is 57.0 Å². The number of halogens is 1. The first-order valence-corrected chi connectivity index (χ1v) is 10.1. The largest absolute Gasteiger partial charge is 0.468 e. The van der Waals surface area contributed by atoms with Gasteiger partial charge in [-0.3, -0.25) is 4.79 Å². The summed E-state index contributed by atoms with van der Waals surface area (Å²) in [5.41, 5.74) is 0.274. The summed E-state index contributed by atoms with van der Waals surface area (Å²) in [5, 5.41) is 3.32. The summed E-state index contributed by atoms with van der Waals surface area (Å²) in [7, 11) is 0. The van der Waals surface area contributed by atoms with Gasteiger partial charge in [0.1, 0.15) is 11.4 Å². The van der Waals surface area contributed by atoms with E-state index in [1.807, 2.05) is 24.3 Å². The number of carbonyl (C=O) groups excluding carboxylic acids is 2. The van der Waals surface area contributed by atoms with Crippen LogP contribution in [0.25, 0.3) is 0 Å². The maximum absolute atomic E-state index is 12.7. The Kier molecular flexibility index (Phi) is 7.80. The molecule has 0 aliphatic rings.